The van der Waals surface area contributed by atoms with E-state index in [9.17, 15) is 22.8 Å². The fourth-order valence-corrected chi connectivity index (χ4v) is 5.83. The molecule has 1 unspecified atom stereocenters. The Bertz CT molecular complexity index is 1480. The summed E-state index contributed by atoms with van der Waals surface area (Å²) < 4.78 is 53.4. The molecule has 50 heavy (non-hydrogen) atoms. The van der Waals surface area contributed by atoms with Gasteiger partial charge in [-0.15, -0.1) is 0 Å². The lowest BCUT2D eigenvalue weighted by Crippen LogP contribution is -2.31. The van der Waals surface area contributed by atoms with Crippen molar-refractivity contribution >= 4 is 27.8 Å². The Morgan fingerprint density at radius 3 is 2.36 bits per heavy atom. The van der Waals surface area contributed by atoms with Crippen molar-refractivity contribution in [2.45, 2.75) is 56.6 Å². The lowest BCUT2D eigenvalue weighted by atomic mass is 10.1. The van der Waals surface area contributed by atoms with Gasteiger partial charge in [0.25, 0.3) is 5.91 Å². The van der Waals surface area contributed by atoms with Crippen LogP contribution in [0.15, 0.2) is 76.9 Å². The van der Waals surface area contributed by atoms with E-state index in [0.717, 1.165) is 37.1 Å². The first-order chi connectivity index (χ1) is 24.2. The summed E-state index contributed by atoms with van der Waals surface area (Å²) >= 11 is 0. The molecular weight excluding hydrogens is 670 g/mol. The van der Waals surface area contributed by atoms with Gasteiger partial charge in [0.05, 0.1) is 50.3 Å². The molecule has 16 heteroatoms. The van der Waals surface area contributed by atoms with Crippen molar-refractivity contribution in [2.75, 3.05) is 58.5 Å². The van der Waals surface area contributed by atoms with E-state index in [0.29, 0.717) is 45.9 Å². The zero-order valence-corrected chi connectivity index (χ0v) is 29.2. The molecule has 0 aliphatic rings. The summed E-state index contributed by atoms with van der Waals surface area (Å²) in [6, 6.07) is 14.8. The van der Waals surface area contributed by atoms with Crippen molar-refractivity contribution in [1.29, 1.82) is 0 Å². The van der Waals surface area contributed by atoms with Crippen LogP contribution in [0.4, 0.5) is 4.79 Å². The number of benzene rings is 2. The van der Waals surface area contributed by atoms with Crippen molar-refractivity contribution in [1.82, 2.24) is 10.6 Å². The number of carbonyl (C=O) groups is 3. The Balaban J connectivity index is 1.82. The monoisotopic (exact) mass is 717 g/mol. The van der Waals surface area contributed by atoms with Crippen molar-refractivity contribution < 1.29 is 46.5 Å². The molecule has 2 aromatic carbocycles. The van der Waals surface area contributed by atoms with Gasteiger partial charge in [0, 0.05) is 35.8 Å². The second kappa shape index (κ2) is 25.5. The number of nitrogens with one attached hydrogen (secondary N) is 2. The maximum absolute atomic E-state index is 13.4. The molecule has 0 saturated carbocycles. The summed E-state index contributed by atoms with van der Waals surface area (Å²) in [5.41, 5.74) is 9.15. The minimum atomic E-state index is -3.96. The quantitative estimate of drug-likeness (QED) is 0.0337. The Labute approximate surface area is 293 Å². The molecule has 0 aliphatic carbocycles. The number of sulfone groups is 1. The molecule has 0 aliphatic heterocycles. The standard InChI is InChI=1S/C34H47N5O10S/c1-2-3-4-8-13-30(49-34(42)37-16-15-32(40)48-26-28-10-6-5-7-11-28)27-50(43,44)31-14-9-12-29(25-31)33(41)36-17-19-45-21-23-47-24-22-46-20-18-38-39-35/h5-7,9-12,14-16,25,30H,2-4,8,13,17-24,26-27H2,1H3,(H,36,41)(H,37,42)/b16-15+. The van der Waals surface area contributed by atoms with E-state index >= 15 is 0 Å². The Hall–Kier alpha value is -4.47. The summed E-state index contributed by atoms with van der Waals surface area (Å²) in [4.78, 5) is 39.8. The normalized spacial score (nSPS) is 11.8. The molecule has 0 spiro atoms. The molecule has 0 radical (unpaired) electrons. The van der Waals surface area contributed by atoms with Gasteiger partial charge in [-0.2, -0.15) is 0 Å². The summed E-state index contributed by atoms with van der Waals surface area (Å²) in [5.74, 6) is -1.63. The number of rotatable bonds is 26. The van der Waals surface area contributed by atoms with E-state index in [1.165, 1.54) is 24.3 Å². The number of amides is 2. The first-order valence-corrected chi connectivity index (χ1v) is 18.1. The lowest BCUT2D eigenvalue weighted by Gasteiger charge is -2.18. The van der Waals surface area contributed by atoms with Crippen LogP contribution in [0.2, 0.25) is 0 Å². The topological polar surface area (TPSA) is 204 Å². The molecular formula is C34H47N5O10S. The molecule has 0 bridgehead atoms. The Morgan fingerprint density at radius 2 is 1.64 bits per heavy atom. The second-order valence-electron chi connectivity index (χ2n) is 10.8. The van der Waals surface area contributed by atoms with Crippen molar-refractivity contribution in [3.8, 4) is 0 Å². The van der Waals surface area contributed by atoms with Crippen LogP contribution in [0.5, 0.6) is 0 Å². The van der Waals surface area contributed by atoms with Crippen molar-refractivity contribution in [2.24, 2.45) is 5.11 Å². The van der Waals surface area contributed by atoms with Crippen LogP contribution in [0.3, 0.4) is 0 Å². The van der Waals surface area contributed by atoms with Crippen molar-refractivity contribution in [3.63, 3.8) is 0 Å². The number of alkyl carbamates (subject to hydrolysis) is 1. The fourth-order valence-electron chi connectivity index (χ4n) is 4.32. The zero-order chi connectivity index (χ0) is 36.3. The number of azide groups is 1. The van der Waals surface area contributed by atoms with Gasteiger partial charge in [-0.1, -0.05) is 67.7 Å². The summed E-state index contributed by atoms with van der Waals surface area (Å²) in [7, 11) is -3.96. The van der Waals surface area contributed by atoms with E-state index in [4.69, 9.17) is 29.2 Å². The van der Waals surface area contributed by atoms with Crippen LogP contribution in [-0.4, -0.2) is 91.0 Å². The predicted octanol–water partition coefficient (Wildman–Crippen LogP) is 4.87. The molecule has 2 aromatic rings. The molecule has 15 nitrogen and oxygen atoms in total. The van der Waals surface area contributed by atoms with Crippen LogP contribution in [0.25, 0.3) is 10.4 Å². The number of hydrogen-bond donors (Lipinski definition) is 2. The highest BCUT2D eigenvalue weighted by Gasteiger charge is 2.25. The lowest BCUT2D eigenvalue weighted by molar-refractivity contribution is -0.139. The SMILES string of the molecule is CCCCCCC(CS(=O)(=O)c1cccc(C(=O)NCCOCCOCCOCCN=[N+]=[N-])c1)OC(=O)N/C=C/C(=O)OCc1ccccc1. The first kappa shape index (κ1) is 41.7. The first-order valence-electron chi connectivity index (χ1n) is 16.4. The highest BCUT2D eigenvalue weighted by Crippen LogP contribution is 2.18. The molecule has 2 amide bonds. The average molecular weight is 718 g/mol. The number of unbranched alkanes of at least 4 members (excludes halogenated alkanes) is 3. The van der Waals surface area contributed by atoms with Crippen LogP contribution < -0.4 is 10.6 Å². The number of nitrogens with zero attached hydrogens (tertiary/aromatic N) is 3. The maximum atomic E-state index is 13.4. The van der Waals surface area contributed by atoms with Crippen LogP contribution in [0, 0.1) is 0 Å². The summed E-state index contributed by atoms with van der Waals surface area (Å²) in [6.07, 6.45) is 3.96. The molecule has 2 rings (SSSR count). The van der Waals surface area contributed by atoms with Gasteiger partial charge in [0.2, 0.25) is 0 Å². The van der Waals surface area contributed by atoms with Gasteiger partial charge in [-0.05, 0) is 42.1 Å². The molecule has 0 heterocycles. The minimum Gasteiger partial charge on any atom is -0.458 e. The van der Waals surface area contributed by atoms with Crippen molar-refractivity contribution in [3.05, 3.63) is 88.4 Å². The fraction of sp³-hybridized carbons (Fsp3) is 0.500. The van der Waals surface area contributed by atoms with Gasteiger partial charge < -0.3 is 29.0 Å². The van der Waals surface area contributed by atoms with Crippen LogP contribution >= 0.6 is 0 Å². The molecule has 0 fully saturated rings. The number of carbonyl (C=O) groups excluding carboxylic acids is 3. The largest absolute Gasteiger partial charge is 0.458 e. The second-order valence-corrected chi connectivity index (χ2v) is 12.8. The number of ether oxygens (including phenoxy) is 5. The van der Waals surface area contributed by atoms with E-state index in [1.807, 2.05) is 37.3 Å². The smallest absolute Gasteiger partial charge is 0.411 e. The summed E-state index contributed by atoms with van der Waals surface area (Å²) in [5, 5.41) is 8.37. The Morgan fingerprint density at radius 1 is 0.920 bits per heavy atom. The maximum Gasteiger partial charge on any atom is 0.411 e. The number of hydrogen-bond acceptors (Lipinski definition) is 11. The van der Waals surface area contributed by atoms with Gasteiger partial charge in [-0.3, -0.25) is 10.1 Å². The van der Waals surface area contributed by atoms with Gasteiger partial charge >= 0.3 is 12.1 Å². The van der Waals surface area contributed by atoms with Gasteiger partial charge in [-0.25, -0.2) is 18.0 Å². The van der Waals surface area contributed by atoms with E-state index < -0.39 is 39.7 Å². The summed E-state index contributed by atoms with van der Waals surface area (Å²) in [6.45, 7) is 4.48. The average Bonchev–Trinajstić information content (AvgIpc) is 3.11. The predicted molar refractivity (Wildman–Crippen MR) is 185 cm³/mol. The van der Waals surface area contributed by atoms with Crippen LogP contribution in [0.1, 0.15) is 54.9 Å². The highest BCUT2D eigenvalue weighted by molar-refractivity contribution is 7.91. The van der Waals surface area contributed by atoms with Gasteiger partial charge in [0.1, 0.15) is 12.7 Å². The third-order valence-corrected chi connectivity index (χ3v) is 8.62. The Kier molecular flexibility index (Phi) is 21.3. The minimum absolute atomic E-state index is 0.0707. The zero-order valence-electron chi connectivity index (χ0n) is 28.4. The molecule has 0 aromatic heterocycles. The van der Waals surface area contributed by atoms with Gasteiger partial charge in [0.15, 0.2) is 9.84 Å². The van der Waals surface area contributed by atoms with E-state index in [2.05, 4.69) is 20.7 Å². The van der Waals surface area contributed by atoms with E-state index in [1.54, 1.807) is 0 Å². The third kappa shape index (κ3) is 18.9. The molecule has 0 saturated heterocycles. The molecule has 2 N–H and O–H groups in total. The molecule has 1 atom stereocenters. The third-order valence-electron chi connectivity index (χ3n) is 6.83. The highest BCUT2D eigenvalue weighted by atomic mass is 32.2. The number of esters is 1. The van der Waals surface area contributed by atoms with E-state index in [-0.39, 0.29) is 36.8 Å². The van der Waals surface area contributed by atoms with Crippen LogP contribution in [-0.2, 0) is 44.9 Å². The molecule has 274 valence electrons.